The van der Waals surface area contributed by atoms with Gasteiger partial charge in [-0.25, -0.2) is 0 Å². The van der Waals surface area contributed by atoms with Gasteiger partial charge in [-0.1, -0.05) is 28.1 Å². The van der Waals surface area contributed by atoms with Crippen LogP contribution in [0.1, 0.15) is 23.2 Å². The molecule has 0 fully saturated rings. The van der Waals surface area contributed by atoms with Crippen molar-refractivity contribution in [3.8, 4) is 5.75 Å². The Bertz CT molecular complexity index is 564. The molecule has 2 aromatic carbocycles. The minimum absolute atomic E-state index is 0.0276. The molecule has 2 nitrogen and oxygen atoms in total. The largest absolute Gasteiger partial charge is 0.294 e. The topological polar surface area (TPSA) is 37.0 Å². The van der Waals surface area contributed by atoms with Gasteiger partial charge in [-0.05, 0) is 48.6 Å². The Balaban J connectivity index is 1.74. The van der Waals surface area contributed by atoms with Gasteiger partial charge >= 0.3 is 0 Å². The molecule has 2 rings (SSSR count). The van der Waals surface area contributed by atoms with E-state index in [0.29, 0.717) is 6.42 Å². The highest BCUT2D eigenvalue weighted by Crippen LogP contribution is 2.22. The van der Waals surface area contributed by atoms with E-state index in [0.717, 1.165) is 27.1 Å². The van der Waals surface area contributed by atoms with E-state index in [2.05, 4.69) is 15.9 Å². The third kappa shape index (κ3) is 4.69. The quantitative estimate of drug-likeness (QED) is 0.400. The fourth-order valence-electron chi connectivity index (χ4n) is 1.74. The van der Waals surface area contributed by atoms with E-state index in [1.54, 1.807) is 23.9 Å². The summed E-state index contributed by atoms with van der Waals surface area (Å²) in [6.07, 6.45) is 1.38. The lowest BCUT2D eigenvalue weighted by molar-refractivity contribution is 0.0982. The number of carbonyl (C=O) groups is 1. The lowest BCUT2D eigenvalue weighted by Gasteiger charge is -2.02. The van der Waals surface area contributed by atoms with Crippen LogP contribution in [-0.2, 0) is 5.11 Å². The van der Waals surface area contributed by atoms with E-state index < -0.39 is 0 Å². The molecule has 103 valence electrons. The van der Waals surface area contributed by atoms with E-state index in [-0.39, 0.29) is 11.5 Å². The van der Waals surface area contributed by atoms with Gasteiger partial charge in [0.15, 0.2) is 11.5 Å². The number of benzene rings is 2. The Labute approximate surface area is 131 Å². The van der Waals surface area contributed by atoms with E-state index in [9.17, 15) is 9.90 Å². The molecule has 0 bridgehead atoms. The summed E-state index contributed by atoms with van der Waals surface area (Å²) in [6.45, 7) is 0. The Morgan fingerprint density at radius 1 is 1.00 bits per heavy atom. The van der Waals surface area contributed by atoms with Crippen molar-refractivity contribution in [3.05, 3.63) is 58.6 Å². The van der Waals surface area contributed by atoms with Gasteiger partial charge in [0.1, 0.15) is 0 Å². The summed E-state index contributed by atoms with van der Waals surface area (Å²) in [5.41, 5.74) is 0.758. The minimum atomic E-state index is 0.0276. The van der Waals surface area contributed by atoms with E-state index in [4.69, 9.17) is 0 Å². The van der Waals surface area contributed by atoms with Crippen LogP contribution in [0.4, 0.5) is 0 Å². The van der Waals surface area contributed by atoms with Gasteiger partial charge < -0.3 is 0 Å². The average molecular weight is 350 g/mol. The van der Waals surface area contributed by atoms with Crippen molar-refractivity contribution in [2.75, 3.05) is 5.75 Å². The van der Waals surface area contributed by atoms with Gasteiger partial charge in [-0.3, -0.25) is 9.90 Å². The van der Waals surface area contributed by atoms with Crippen LogP contribution in [0, 0.1) is 0 Å². The summed E-state index contributed by atoms with van der Waals surface area (Å²) in [5, 5.41) is 11.0. The maximum absolute atomic E-state index is 11.9. The predicted octanol–water partition coefficient (Wildman–Crippen LogP) is 5.35. The van der Waals surface area contributed by atoms with Crippen LogP contribution < -0.4 is 0 Å². The third-order valence-corrected chi connectivity index (χ3v) is 4.43. The molecule has 0 aliphatic rings. The maximum Gasteiger partial charge on any atom is 0.178 e. The second-order valence-corrected chi connectivity index (χ2v) is 6.44. The summed E-state index contributed by atoms with van der Waals surface area (Å²) in [7, 11) is 0. The first kappa shape index (κ1) is 15.1. The number of carbonyl (C=O) groups excluding carboxylic acids is 1. The van der Waals surface area contributed by atoms with Crippen molar-refractivity contribution in [2.24, 2.45) is 0 Å². The van der Waals surface area contributed by atoms with Crippen molar-refractivity contribution >= 4 is 33.5 Å². The van der Waals surface area contributed by atoms with E-state index in [1.165, 1.54) is 0 Å². The zero-order valence-electron chi connectivity index (χ0n) is 10.8. The third-order valence-electron chi connectivity index (χ3n) is 2.81. The number of ketones is 1. The lowest BCUT2D eigenvalue weighted by atomic mass is 10.1. The fraction of sp³-hybridized carbons (Fsp3) is 0.188. The molecule has 2 aromatic rings. The molecule has 0 aliphatic carbocycles. The highest BCUT2D eigenvalue weighted by molar-refractivity contribution is 9.10. The normalized spacial score (nSPS) is 10.4. The maximum atomic E-state index is 11.9. The Morgan fingerprint density at radius 3 is 2.30 bits per heavy atom. The zero-order chi connectivity index (χ0) is 14.4. The smallest absolute Gasteiger partial charge is 0.178 e. The second kappa shape index (κ2) is 7.50. The van der Waals surface area contributed by atoms with Gasteiger partial charge in [-0.15, -0.1) is 11.8 Å². The van der Waals surface area contributed by atoms with Crippen LogP contribution >= 0.6 is 27.7 Å². The average Bonchev–Trinajstić information content (AvgIpc) is 2.46. The molecular formula is C16H14BrO2S. The molecule has 0 heterocycles. The first-order valence-corrected chi connectivity index (χ1v) is 8.11. The summed E-state index contributed by atoms with van der Waals surface area (Å²) in [6, 6.07) is 14.2. The molecule has 0 amide bonds. The number of thioether (sulfide) groups is 1. The Kier molecular flexibility index (Phi) is 5.68. The monoisotopic (exact) mass is 349 g/mol. The molecule has 0 aliphatic heterocycles. The van der Waals surface area contributed by atoms with E-state index >= 15 is 0 Å². The van der Waals surface area contributed by atoms with Crippen LogP contribution in [0.5, 0.6) is 5.75 Å². The molecule has 4 heteroatoms. The fourth-order valence-corrected chi connectivity index (χ4v) is 2.86. The summed E-state index contributed by atoms with van der Waals surface area (Å²) in [5.74, 6) is 1.08. The first-order chi connectivity index (χ1) is 9.65. The van der Waals surface area contributed by atoms with Gasteiger partial charge in [0, 0.05) is 21.4 Å². The van der Waals surface area contributed by atoms with Crippen LogP contribution in [0.25, 0.3) is 0 Å². The van der Waals surface area contributed by atoms with E-state index in [1.807, 2.05) is 36.4 Å². The summed E-state index contributed by atoms with van der Waals surface area (Å²) in [4.78, 5) is 13.0. The molecule has 0 N–H and O–H groups in total. The molecule has 0 atom stereocenters. The molecule has 0 unspecified atom stereocenters. The summed E-state index contributed by atoms with van der Waals surface area (Å²) >= 11 is 5.02. The molecule has 1 radical (unpaired) electrons. The molecule has 0 saturated carbocycles. The lowest BCUT2D eigenvalue weighted by Crippen LogP contribution is -1.99. The van der Waals surface area contributed by atoms with Crippen LogP contribution in [-0.4, -0.2) is 11.5 Å². The standard InChI is InChI=1S/C16H14BrO2S/c17-13-5-3-12(4-6-13)16(19)2-1-11-20-15-9-7-14(18)8-10-15/h3-10H,1-2,11H2. The van der Waals surface area contributed by atoms with Crippen molar-refractivity contribution < 1.29 is 9.90 Å². The molecular weight excluding hydrogens is 336 g/mol. The number of hydrogen-bond donors (Lipinski definition) is 0. The van der Waals surface area contributed by atoms with Crippen molar-refractivity contribution in [1.29, 1.82) is 0 Å². The molecule has 0 saturated heterocycles. The SMILES string of the molecule is [O]c1ccc(SCCCC(=O)c2ccc(Br)cc2)cc1. The summed E-state index contributed by atoms with van der Waals surface area (Å²) < 4.78 is 0.978. The van der Waals surface area contributed by atoms with Crippen molar-refractivity contribution in [2.45, 2.75) is 17.7 Å². The molecule has 0 spiro atoms. The van der Waals surface area contributed by atoms with Gasteiger partial charge in [0.05, 0.1) is 0 Å². The molecule has 20 heavy (non-hydrogen) atoms. The zero-order valence-corrected chi connectivity index (χ0v) is 13.2. The minimum Gasteiger partial charge on any atom is -0.294 e. The van der Waals surface area contributed by atoms with Gasteiger partial charge in [0.25, 0.3) is 0 Å². The Morgan fingerprint density at radius 2 is 1.65 bits per heavy atom. The predicted molar refractivity (Wildman–Crippen MR) is 85.0 cm³/mol. The number of halogens is 1. The Hall–Kier alpha value is -1.26. The van der Waals surface area contributed by atoms with Crippen LogP contribution in [0.15, 0.2) is 57.9 Å². The molecule has 0 aromatic heterocycles. The highest BCUT2D eigenvalue weighted by Gasteiger charge is 2.05. The number of rotatable bonds is 6. The van der Waals surface area contributed by atoms with Crippen LogP contribution in [0.2, 0.25) is 0 Å². The number of hydrogen-bond acceptors (Lipinski definition) is 2. The van der Waals surface area contributed by atoms with Crippen molar-refractivity contribution in [1.82, 2.24) is 0 Å². The van der Waals surface area contributed by atoms with Crippen LogP contribution in [0.3, 0.4) is 0 Å². The van der Waals surface area contributed by atoms with Gasteiger partial charge in [-0.2, -0.15) is 0 Å². The number of Topliss-reactive ketones (excluding diaryl/α,β-unsaturated/α-hetero) is 1. The second-order valence-electron chi connectivity index (χ2n) is 4.35. The van der Waals surface area contributed by atoms with Gasteiger partial charge in [0.2, 0.25) is 0 Å². The highest BCUT2D eigenvalue weighted by atomic mass is 79.9. The van der Waals surface area contributed by atoms with Crippen molar-refractivity contribution in [3.63, 3.8) is 0 Å². The first-order valence-electron chi connectivity index (χ1n) is 6.34.